The van der Waals surface area contributed by atoms with Crippen molar-refractivity contribution >= 4 is 23.0 Å². The minimum Gasteiger partial charge on any atom is -0.490 e. The number of hydrogen-bond donors (Lipinski definition) is 1. The van der Waals surface area contributed by atoms with Gasteiger partial charge < -0.3 is 14.8 Å². The molecule has 6 nitrogen and oxygen atoms in total. The van der Waals surface area contributed by atoms with Gasteiger partial charge in [-0.05, 0) is 68.2 Å². The molecule has 1 heterocycles. The number of rotatable bonds is 12. The predicted molar refractivity (Wildman–Crippen MR) is 150 cm³/mol. The lowest BCUT2D eigenvalue weighted by Crippen LogP contribution is -2.23. The normalized spacial score (nSPS) is 15.0. The molecule has 194 valence electrons. The van der Waals surface area contributed by atoms with E-state index in [1.165, 1.54) is 5.56 Å². The highest BCUT2D eigenvalue weighted by molar-refractivity contribution is 6.24. The molecular formula is C31H37N3O3. The smallest absolute Gasteiger partial charge is 0.238 e. The van der Waals surface area contributed by atoms with Gasteiger partial charge in [-0.3, -0.25) is 14.7 Å². The monoisotopic (exact) mass is 499 g/mol. The predicted octanol–water partition coefficient (Wildman–Crippen LogP) is 6.57. The van der Waals surface area contributed by atoms with Gasteiger partial charge in [0.25, 0.3) is 0 Å². The van der Waals surface area contributed by atoms with Crippen molar-refractivity contribution in [2.75, 3.05) is 31.6 Å². The van der Waals surface area contributed by atoms with Gasteiger partial charge >= 0.3 is 0 Å². The molecule has 1 aliphatic heterocycles. The summed E-state index contributed by atoms with van der Waals surface area (Å²) in [5.74, 6) is 0.589. The van der Waals surface area contributed by atoms with E-state index < -0.39 is 5.92 Å². The summed E-state index contributed by atoms with van der Waals surface area (Å²) < 4.78 is 11.6. The molecule has 1 aliphatic rings. The van der Waals surface area contributed by atoms with Crippen LogP contribution in [0.1, 0.15) is 56.7 Å². The molecule has 4 rings (SSSR count). The van der Waals surface area contributed by atoms with E-state index in [0.717, 1.165) is 48.6 Å². The topological polar surface area (TPSA) is 63.2 Å². The fourth-order valence-electron chi connectivity index (χ4n) is 4.72. The lowest BCUT2D eigenvalue weighted by atomic mass is 9.90. The van der Waals surface area contributed by atoms with Gasteiger partial charge in [0.1, 0.15) is 5.92 Å². The molecule has 0 spiro atoms. The average molecular weight is 500 g/mol. The zero-order chi connectivity index (χ0) is 26.2. The number of aliphatic imine (C=N–C) groups is 1. The highest BCUT2D eigenvalue weighted by atomic mass is 16.5. The molecule has 0 aliphatic carbocycles. The fourth-order valence-corrected chi connectivity index (χ4v) is 4.72. The molecule has 1 N–H and O–H groups in total. The maximum absolute atomic E-state index is 13.4. The lowest BCUT2D eigenvalue weighted by molar-refractivity contribution is -0.115. The third kappa shape index (κ3) is 6.20. The SMILES string of the molecule is CCCN(CC)Cc1ccc(N=C(c2ccccc2)C2C(=O)Nc3cc(OCC)c(OCC)cc32)cc1. The molecule has 3 aromatic rings. The van der Waals surface area contributed by atoms with Crippen LogP contribution in [0.3, 0.4) is 0 Å². The third-order valence-corrected chi connectivity index (χ3v) is 6.47. The Morgan fingerprint density at radius 3 is 2.22 bits per heavy atom. The van der Waals surface area contributed by atoms with E-state index in [1.807, 2.05) is 68.4 Å². The molecular weight excluding hydrogens is 462 g/mol. The van der Waals surface area contributed by atoms with Crippen molar-refractivity contribution in [1.82, 2.24) is 4.90 Å². The molecule has 0 aromatic heterocycles. The highest BCUT2D eigenvalue weighted by Gasteiger charge is 2.36. The standard InChI is InChI=1S/C31H37N3O3/c1-5-18-34(6-2)21-22-14-16-24(17-15-22)32-30(23-12-10-9-11-13-23)29-25-19-27(36-7-3)28(37-8-4)20-26(25)33-31(29)35/h9-17,19-20,29H,5-8,18,21H2,1-4H3,(H,33,35). The van der Waals surface area contributed by atoms with Crippen LogP contribution in [-0.4, -0.2) is 42.8 Å². The summed E-state index contributed by atoms with van der Waals surface area (Å²) in [6.07, 6.45) is 1.14. The minimum absolute atomic E-state index is 0.108. The summed E-state index contributed by atoms with van der Waals surface area (Å²) in [5.41, 5.74) is 5.26. The molecule has 37 heavy (non-hydrogen) atoms. The van der Waals surface area contributed by atoms with Crippen molar-refractivity contribution in [3.8, 4) is 11.5 Å². The molecule has 0 bridgehead atoms. The van der Waals surface area contributed by atoms with Crippen molar-refractivity contribution in [3.63, 3.8) is 0 Å². The Hall–Kier alpha value is -3.64. The zero-order valence-electron chi connectivity index (χ0n) is 22.3. The number of fused-ring (bicyclic) bond motifs is 1. The zero-order valence-corrected chi connectivity index (χ0v) is 22.3. The third-order valence-electron chi connectivity index (χ3n) is 6.47. The van der Waals surface area contributed by atoms with Gasteiger partial charge in [-0.1, -0.05) is 56.3 Å². The Morgan fingerprint density at radius 1 is 0.919 bits per heavy atom. The quantitative estimate of drug-likeness (QED) is 0.286. The summed E-state index contributed by atoms with van der Waals surface area (Å²) >= 11 is 0. The number of amides is 1. The second kappa shape index (κ2) is 12.5. The van der Waals surface area contributed by atoms with E-state index >= 15 is 0 Å². The number of benzene rings is 3. The average Bonchev–Trinajstić information content (AvgIpc) is 3.23. The number of anilines is 1. The number of carbonyl (C=O) groups excluding carboxylic acids is 1. The maximum atomic E-state index is 13.4. The van der Waals surface area contributed by atoms with E-state index in [0.29, 0.717) is 30.4 Å². The van der Waals surface area contributed by atoms with E-state index in [-0.39, 0.29) is 5.91 Å². The molecule has 1 amide bonds. The van der Waals surface area contributed by atoms with Gasteiger partial charge in [0.2, 0.25) is 5.91 Å². The largest absolute Gasteiger partial charge is 0.490 e. The van der Waals surface area contributed by atoms with E-state index in [9.17, 15) is 4.79 Å². The molecule has 6 heteroatoms. The Kier molecular flexibility index (Phi) is 8.96. The summed E-state index contributed by atoms with van der Waals surface area (Å²) in [7, 11) is 0. The van der Waals surface area contributed by atoms with Gasteiger partial charge in [-0.2, -0.15) is 0 Å². The molecule has 3 aromatic carbocycles. The molecule has 1 atom stereocenters. The molecule has 0 fully saturated rings. The second-order valence-electron chi connectivity index (χ2n) is 9.07. The van der Waals surface area contributed by atoms with E-state index in [2.05, 4.69) is 36.2 Å². The number of carbonyl (C=O) groups is 1. The van der Waals surface area contributed by atoms with Crippen LogP contribution in [-0.2, 0) is 11.3 Å². The summed E-state index contributed by atoms with van der Waals surface area (Å²) in [6, 6.07) is 22.0. The first-order valence-electron chi connectivity index (χ1n) is 13.3. The van der Waals surface area contributed by atoms with Crippen LogP contribution in [0.5, 0.6) is 11.5 Å². The number of ether oxygens (including phenoxy) is 2. The van der Waals surface area contributed by atoms with Gasteiger partial charge in [-0.15, -0.1) is 0 Å². The van der Waals surface area contributed by atoms with Crippen molar-refractivity contribution in [2.24, 2.45) is 4.99 Å². The van der Waals surface area contributed by atoms with E-state index in [1.54, 1.807) is 0 Å². The Bertz CT molecular complexity index is 1220. The molecule has 0 radical (unpaired) electrons. The first-order valence-corrected chi connectivity index (χ1v) is 13.3. The van der Waals surface area contributed by atoms with Gasteiger partial charge in [0.15, 0.2) is 11.5 Å². The van der Waals surface area contributed by atoms with Crippen molar-refractivity contribution in [2.45, 2.75) is 46.6 Å². The number of nitrogens with zero attached hydrogens (tertiary/aromatic N) is 2. The number of nitrogens with one attached hydrogen (secondary N) is 1. The lowest BCUT2D eigenvalue weighted by Gasteiger charge is -2.19. The molecule has 0 saturated carbocycles. The molecule has 0 saturated heterocycles. The van der Waals surface area contributed by atoms with Crippen molar-refractivity contribution in [1.29, 1.82) is 0 Å². The Morgan fingerprint density at radius 2 is 1.59 bits per heavy atom. The first kappa shape index (κ1) is 26.4. The first-order chi connectivity index (χ1) is 18.1. The van der Waals surface area contributed by atoms with E-state index in [4.69, 9.17) is 14.5 Å². The minimum atomic E-state index is -0.563. The highest BCUT2D eigenvalue weighted by Crippen LogP contribution is 2.43. The summed E-state index contributed by atoms with van der Waals surface area (Å²) in [4.78, 5) is 20.8. The second-order valence-corrected chi connectivity index (χ2v) is 9.07. The molecule has 1 unspecified atom stereocenters. The van der Waals surface area contributed by atoms with Crippen LogP contribution in [0.2, 0.25) is 0 Å². The van der Waals surface area contributed by atoms with Crippen LogP contribution in [0, 0.1) is 0 Å². The summed E-state index contributed by atoms with van der Waals surface area (Å²) in [6.45, 7) is 12.3. The fraction of sp³-hybridized carbons (Fsp3) is 0.355. The van der Waals surface area contributed by atoms with Crippen LogP contribution in [0.15, 0.2) is 71.7 Å². The van der Waals surface area contributed by atoms with Crippen LogP contribution < -0.4 is 14.8 Å². The van der Waals surface area contributed by atoms with Crippen LogP contribution in [0.25, 0.3) is 0 Å². The van der Waals surface area contributed by atoms with Crippen molar-refractivity contribution in [3.05, 3.63) is 83.4 Å². The van der Waals surface area contributed by atoms with Crippen molar-refractivity contribution < 1.29 is 14.3 Å². The van der Waals surface area contributed by atoms with Crippen LogP contribution >= 0.6 is 0 Å². The van der Waals surface area contributed by atoms with Gasteiger partial charge in [0.05, 0.1) is 24.6 Å². The maximum Gasteiger partial charge on any atom is 0.238 e. The van der Waals surface area contributed by atoms with Gasteiger partial charge in [-0.25, -0.2) is 0 Å². The Labute approximate surface area is 220 Å². The van der Waals surface area contributed by atoms with Gasteiger partial charge in [0, 0.05) is 18.3 Å². The van der Waals surface area contributed by atoms with Crippen LogP contribution in [0.4, 0.5) is 11.4 Å². The Balaban J connectivity index is 1.73. The number of hydrogen-bond acceptors (Lipinski definition) is 5. The summed E-state index contributed by atoms with van der Waals surface area (Å²) in [5, 5.41) is 3.04.